The summed E-state index contributed by atoms with van der Waals surface area (Å²) in [7, 11) is 0. The van der Waals surface area contributed by atoms with Gasteiger partial charge >= 0.3 is 0 Å². The Hall–Kier alpha value is -1.20. The van der Waals surface area contributed by atoms with Gasteiger partial charge in [0.1, 0.15) is 6.04 Å². The zero-order valence-corrected chi connectivity index (χ0v) is 13.6. The van der Waals surface area contributed by atoms with Gasteiger partial charge in [0.15, 0.2) is 0 Å². The molecule has 0 aliphatic carbocycles. The normalized spacial score (nSPS) is 33.8. The molecular weight excluding hydrogens is 330 g/mol. The molecule has 0 spiro atoms. The van der Waals surface area contributed by atoms with Gasteiger partial charge in [0.05, 0.1) is 11.8 Å². The number of amides is 1. The zero-order valence-electron chi connectivity index (χ0n) is 12.0. The summed E-state index contributed by atoms with van der Waals surface area (Å²) in [6.45, 7) is 3.88. The molecule has 3 saturated heterocycles. The molecule has 3 fully saturated rings. The van der Waals surface area contributed by atoms with Crippen molar-refractivity contribution in [3.8, 4) is 0 Å². The first-order valence-electron chi connectivity index (χ1n) is 7.53. The Morgan fingerprint density at radius 2 is 1.86 bits per heavy atom. The third-order valence-corrected chi connectivity index (χ3v) is 5.49. The molecule has 2 atom stereocenters. The van der Waals surface area contributed by atoms with Crippen LogP contribution in [0.5, 0.6) is 0 Å². The Balaban J connectivity index is 1.77. The molecule has 5 heteroatoms. The molecule has 1 aromatic rings. The maximum Gasteiger partial charge on any atom is 0.240 e. The standard InChI is InChI=1S/C16H18BrN3O/c1-10(21)20-15(12-2-4-13(17)5-3-12)16-14(18-20)11-6-8-19(16)9-7-11/h2-5,11,15-16H,6-9H2,1H3/t15-,16+/m1/s1. The fourth-order valence-electron chi connectivity index (χ4n) is 3.97. The molecule has 4 aliphatic rings. The number of rotatable bonds is 1. The highest BCUT2D eigenvalue weighted by molar-refractivity contribution is 9.10. The maximum absolute atomic E-state index is 12.1. The summed E-state index contributed by atoms with van der Waals surface area (Å²) < 4.78 is 1.06. The number of hydrazone groups is 1. The highest BCUT2D eigenvalue weighted by Crippen LogP contribution is 2.43. The van der Waals surface area contributed by atoms with Gasteiger partial charge in [-0.05, 0) is 43.6 Å². The number of hydrogen-bond acceptors (Lipinski definition) is 3. The lowest BCUT2D eigenvalue weighted by atomic mass is 9.78. The van der Waals surface area contributed by atoms with Crippen LogP contribution in [0.15, 0.2) is 33.8 Å². The number of halogens is 1. The third-order valence-electron chi connectivity index (χ3n) is 4.96. The van der Waals surface area contributed by atoms with E-state index in [1.807, 2.05) is 12.1 Å². The largest absolute Gasteiger partial charge is 0.293 e. The van der Waals surface area contributed by atoms with Crippen molar-refractivity contribution in [2.45, 2.75) is 31.8 Å². The minimum atomic E-state index is 0.0328. The van der Waals surface area contributed by atoms with Crippen LogP contribution in [-0.2, 0) is 4.79 Å². The summed E-state index contributed by atoms with van der Waals surface area (Å²) in [5.41, 5.74) is 2.40. The van der Waals surface area contributed by atoms with Gasteiger partial charge in [0.25, 0.3) is 0 Å². The molecule has 1 amide bonds. The number of carbonyl (C=O) groups is 1. The zero-order chi connectivity index (χ0) is 14.6. The molecule has 2 bridgehead atoms. The van der Waals surface area contributed by atoms with E-state index < -0.39 is 0 Å². The summed E-state index contributed by atoms with van der Waals surface area (Å²) in [5, 5.41) is 6.43. The van der Waals surface area contributed by atoms with Gasteiger partial charge in [0.2, 0.25) is 5.91 Å². The molecule has 5 rings (SSSR count). The molecule has 4 nitrogen and oxygen atoms in total. The molecule has 4 aliphatic heterocycles. The van der Waals surface area contributed by atoms with Crippen molar-refractivity contribution in [3.05, 3.63) is 34.3 Å². The Labute approximate surface area is 132 Å². The first-order chi connectivity index (χ1) is 10.1. The lowest BCUT2D eigenvalue weighted by molar-refractivity contribution is -0.131. The quantitative estimate of drug-likeness (QED) is 0.783. The second-order valence-corrected chi connectivity index (χ2v) is 7.06. The van der Waals surface area contributed by atoms with Crippen LogP contribution in [0.25, 0.3) is 0 Å². The first kappa shape index (κ1) is 13.5. The Morgan fingerprint density at radius 3 is 2.48 bits per heavy atom. The summed E-state index contributed by atoms with van der Waals surface area (Å²) in [6, 6.07) is 8.61. The van der Waals surface area contributed by atoms with Gasteiger partial charge in [-0.25, -0.2) is 5.01 Å². The van der Waals surface area contributed by atoms with E-state index in [-0.39, 0.29) is 18.0 Å². The molecule has 0 N–H and O–H groups in total. The first-order valence-corrected chi connectivity index (χ1v) is 8.32. The number of carbonyl (C=O) groups excluding carboxylic acids is 1. The Morgan fingerprint density at radius 1 is 1.19 bits per heavy atom. The van der Waals surface area contributed by atoms with E-state index in [1.54, 1.807) is 11.9 Å². The van der Waals surface area contributed by atoms with Crippen LogP contribution in [-0.4, -0.2) is 40.7 Å². The number of piperidine rings is 3. The predicted octanol–water partition coefficient (Wildman–Crippen LogP) is 2.80. The van der Waals surface area contributed by atoms with Crippen molar-refractivity contribution < 1.29 is 4.79 Å². The van der Waals surface area contributed by atoms with Crippen LogP contribution in [0.3, 0.4) is 0 Å². The topological polar surface area (TPSA) is 35.9 Å². The SMILES string of the molecule is CC(=O)N1N=C2C3CCN(CC3)[C@@H]2[C@H]1c1ccc(Br)cc1. The molecule has 21 heavy (non-hydrogen) atoms. The lowest BCUT2D eigenvalue weighted by Crippen LogP contribution is -2.56. The Bertz CT molecular complexity index is 604. The van der Waals surface area contributed by atoms with Crippen molar-refractivity contribution in [1.82, 2.24) is 9.91 Å². The van der Waals surface area contributed by atoms with Gasteiger partial charge in [-0.1, -0.05) is 28.1 Å². The van der Waals surface area contributed by atoms with Crippen LogP contribution in [0.1, 0.15) is 31.4 Å². The van der Waals surface area contributed by atoms with Gasteiger partial charge in [-0.3, -0.25) is 9.69 Å². The number of nitrogens with zero attached hydrogens (tertiary/aromatic N) is 3. The van der Waals surface area contributed by atoms with Crippen molar-refractivity contribution in [3.63, 3.8) is 0 Å². The monoisotopic (exact) mass is 347 g/mol. The lowest BCUT2D eigenvalue weighted by Gasteiger charge is -2.46. The average molecular weight is 348 g/mol. The highest BCUT2D eigenvalue weighted by Gasteiger charge is 2.50. The molecule has 1 aromatic carbocycles. The predicted molar refractivity (Wildman–Crippen MR) is 84.9 cm³/mol. The Kier molecular flexibility index (Phi) is 3.15. The minimum absolute atomic E-state index is 0.0328. The number of fused-ring (bicyclic) bond motifs is 2. The molecule has 110 valence electrons. The highest BCUT2D eigenvalue weighted by atomic mass is 79.9. The van der Waals surface area contributed by atoms with E-state index in [1.165, 1.54) is 24.1 Å². The summed E-state index contributed by atoms with van der Waals surface area (Å²) >= 11 is 3.48. The van der Waals surface area contributed by atoms with E-state index >= 15 is 0 Å². The maximum atomic E-state index is 12.1. The van der Waals surface area contributed by atoms with Crippen molar-refractivity contribution in [2.75, 3.05) is 13.1 Å². The van der Waals surface area contributed by atoms with Crippen LogP contribution < -0.4 is 0 Å². The molecule has 4 heterocycles. The van der Waals surface area contributed by atoms with Gasteiger partial charge < -0.3 is 0 Å². The van der Waals surface area contributed by atoms with E-state index in [9.17, 15) is 4.79 Å². The minimum Gasteiger partial charge on any atom is -0.293 e. The van der Waals surface area contributed by atoms with Gasteiger partial charge in [0, 0.05) is 17.3 Å². The van der Waals surface area contributed by atoms with E-state index in [4.69, 9.17) is 5.10 Å². The second-order valence-electron chi connectivity index (χ2n) is 6.14. The van der Waals surface area contributed by atoms with Gasteiger partial charge in [-0.2, -0.15) is 5.10 Å². The third kappa shape index (κ3) is 2.06. The van der Waals surface area contributed by atoms with Crippen molar-refractivity contribution in [2.24, 2.45) is 11.0 Å². The van der Waals surface area contributed by atoms with Crippen molar-refractivity contribution in [1.29, 1.82) is 0 Å². The molecular formula is C16H18BrN3O. The molecule has 0 radical (unpaired) electrons. The van der Waals surface area contributed by atoms with Crippen LogP contribution in [0.4, 0.5) is 0 Å². The summed E-state index contributed by atoms with van der Waals surface area (Å²) in [4.78, 5) is 14.6. The van der Waals surface area contributed by atoms with E-state index in [0.717, 1.165) is 17.6 Å². The van der Waals surface area contributed by atoms with Gasteiger partial charge in [-0.15, -0.1) is 0 Å². The van der Waals surface area contributed by atoms with Crippen LogP contribution in [0.2, 0.25) is 0 Å². The van der Waals surface area contributed by atoms with Crippen molar-refractivity contribution >= 4 is 27.5 Å². The second kappa shape index (κ2) is 4.92. The smallest absolute Gasteiger partial charge is 0.240 e. The molecule has 0 unspecified atom stereocenters. The van der Waals surface area contributed by atoms with Crippen LogP contribution in [0, 0.1) is 5.92 Å². The van der Waals surface area contributed by atoms with E-state index in [0.29, 0.717) is 5.92 Å². The summed E-state index contributed by atoms with van der Waals surface area (Å²) in [5.74, 6) is 0.604. The number of hydrogen-bond donors (Lipinski definition) is 0. The molecule has 0 aromatic heterocycles. The van der Waals surface area contributed by atoms with Crippen LogP contribution >= 0.6 is 15.9 Å². The fraction of sp³-hybridized carbons (Fsp3) is 0.500. The fourth-order valence-corrected chi connectivity index (χ4v) is 4.24. The van der Waals surface area contributed by atoms with E-state index in [2.05, 4.69) is 33.0 Å². The summed E-state index contributed by atoms with van der Waals surface area (Å²) in [6.07, 6.45) is 2.38. The number of benzene rings is 1. The molecule has 0 saturated carbocycles. The average Bonchev–Trinajstić information content (AvgIpc) is 2.92.